The SMILES string of the molecule is CCN(C(C)CN(C)C)C(C)C(N)=O. The molecule has 0 aromatic rings. The van der Waals surface area contributed by atoms with Crippen LogP contribution in [0.15, 0.2) is 0 Å². The highest BCUT2D eigenvalue weighted by molar-refractivity contribution is 5.79. The van der Waals surface area contributed by atoms with E-state index in [1.54, 1.807) is 0 Å². The molecule has 2 atom stereocenters. The summed E-state index contributed by atoms with van der Waals surface area (Å²) in [7, 11) is 4.05. The Morgan fingerprint density at radius 1 is 1.36 bits per heavy atom. The van der Waals surface area contributed by atoms with E-state index >= 15 is 0 Å². The third-order valence-electron chi connectivity index (χ3n) is 2.47. The van der Waals surface area contributed by atoms with Crippen molar-refractivity contribution in [3.63, 3.8) is 0 Å². The van der Waals surface area contributed by atoms with E-state index in [2.05, 4.69) is 16.7 Å². The van der Waals surface area contributed by atoms with Crippen molar-refractivity contribution in [1.29, 1.82) is 0 Å². The molecule has 0 aromatic heterocycles. The van der Waals surface area contributed by atoms with Gasteiger partial charge in [-0.15, -0.1) is 0 Å². The molecule has 2 unspecified atom stereocenters. The maximum atomic E-state index is 11.1. The van der Waals surface area contributed by atoms with Crippen molar-refractivity contribution in [1.82, 2.24) is 9.80 Å². The van der Waals surface area contributed by atoms with Gasteiger partial charge in [-0.25, -0.2) is 0 Å². The van der Waals surface area contributed by atoms with Crippen molar-refractivity contribution in [3.05, 3.63) is 0 Å². The van der Waals surface area contributed by atoms with Crippen LogP contribution in [0.1, 0.15) is 20.8 Å². The zero-order valence-electron chi connectivity index (χ0n) is 9.95. The Morgan fingerprint density at radius 2 is 1.86 bits per heavy atom. The van der Waals surface area contributed by atoms with Crippen LogP contribution in [0.5, 0.6) is 0 Å². The number of nitrogens with zero attached hydrogens (tertiary/aromatic N) is 2. The second-order valence-electron chi connectivity index (χ2n) is 4.02. The number of nitrogens with two attached hydrogens (primary N) is 1. The quantitative estimate of drug-likeness (QED) is 0.664. The van der Waals surface area contributed by atoms with Gasteiger partial charge >= 0.3 is 0 Å². The predicted molar refractivity (Wildman–Crippen MR) is 59.1 cm³/mol. The van der Waals surface area contributed by atoms with Crippen molar-refractivity contribution in [2.24, 2.45) is 5.73 Å². The molecule has 0 saturated heterocycles. The molecule has 0 fully saturated rings. The molecule has 0 aliphatic carbocycles. The van der Waals surface area contributed by atoms with Gasteiger partial charge in [-0.3, -0.25) is 9.69 Å². The van der Waals surface area contributed by atoms with Crippen LogP contribution < -0.4 is 5.73 Å². The second kappa shape index (κ2) is 5.98. The van der Waals surface area contributed by atoms with Gasteiger partial charge in [0.25, 0.3) is 0 Å². The van der Waals surface area contributed by atoms with Gasteiger partial charge < -0.3 is 10.6 Å². The molecule has 0 rings (SSSR count). The van der Waals surface area contributed by atoms with Crippen LogP contribution in [0.25, 0.3) is 0 Å². The van der Waals surface area contributed by atoms with Crippen molar-refractivity contribution < 1.29 is 4.79 Å². The van der Waals surface area contributed by atoms with E-state index in [0.29, 0.717) is 6.04 Å². The molecule has 4 nitrogen and oxygen atoms in total. The lowest BCUT2D eigenvalue weighted by molar-refractivity contribution is -0.123. The van der Waals surface area contributed by atoms with Crippen molar-refractivity contribution in [3.8, 4) is 0 Å². The molecule has 14 heavy (non-hydrogen) atoms. The molecule has 2 N–H and O–H groups in total. The number of carbonyl (C=O) groups excluding carboxylic acids is 1. The number of hydrogen-bond acceptors (Lipinski definition) is 3. The fraction of sp³-hybridized carbons (Fsp3) is 0.900. The maximum absolute atomic E-state index is 11.1. The van der Waals surface area contributed by atoms with E-state index < -0.39 is 0 Å². The first kappa shape index (κ1) is 13.4. The number of hydrogen-bond donors (Lipinski definition) is 1. The van der Waals surface area contributed by atoms with Crippen LogP contribution in [0.2, 0.25) is 0 Å². The molecule has 0 heterocycles. The molecule has 0 aromatic carbocycles. The molecule has 0 bridgehead atoms. The van der Waals surface area contributed by atoms with Gasteiger partial charge in [0.05, 0.1) is 6.04 Å². The highest BCUT2D eigenvalue weighted by atomic mass is 16.1. The third-order valence-corrected chi connectivity index (χ3v) is 2.47. The van der Waals surface area contributed by atoms with Gasteiger partial charge in [-0.1, -0.05) is 6.92 Å². The summed E-state index contributed by atoms with van der Waals surface area (Å²) in [6.45, 7) is 7.80. The van der Waals surface area contributed by atoms with Gasteiger partial charge in [0.2, 0.25) is 5.91 Å². The lowest BCUT2D eigenvalue weighted by atomic mass is 10.2. The summed E-state index contributed by atoms with van der Waals surface area (Å²) in [5.41, 5.74) is 5.29. The minimum atomic E-state index is -0.252. The minimum absolute atomic E-state index is 0.185. The first-order valence-electron chi connectivity index (χ1n) is 5.09. The molecule has 84 valence electrons. The fourth-order valence-electron chi connectivity index (χ4n) is 1.76. The summed E-state index contributed by atoms with van der Waals surface area (Å²) in [5.74, 6) is -0.252. The van der Waals surface area contributed by atoms with Crippen molar-refractivity contribution in [2.75, 3.05) is 27.2 Å². The normalized spacial score (nSPS) is 15.9. The minimum Gasteiger partial charge on any atom is -0.368 e. The van der Waals surface area contributed by atoms with Gasteiger partial charge in [-0.2, -0.15) is 0 Å². The van der Waals surface area contributed by atoms with Crippen LogP contribution in [0.3, 0.4) is 0 Å². The average Bonchev–Trinajstić information content (AvgIpc) is 2.03. The zero-order chi connectivity index (χ0) is 11.3. The van der Waals surface area contributed by atoms with E-state index in [-0.39, 0.29) is 11.9 Å². The molecular formula is C10H23N3O. The van der Waals surface area contributed by atoms with Crippen LogP contribution >= 0.6 is 0 Å². The molecule has 4 heteroatoms. The third kappa shape index (κ3) is 4.07. The van der Waals surface area contributed by atoms with Crippen molar-refractivity contribution >= 4 is 5.91 Å². The summed E-state index contributed by atoms with van der Waals surface area (Å²) in [6.07, 6.45) is 0. The van der Waals surface area contributed by atoms with Gasteiger partial charge in [0.1, 0.15) is 0 Å². The van der Waals surface area contributed by atoms with E-state index in [0.717, 1.165) is 13.1 Å². The summed E-state index contributed by atoms with van der Waals surface area (Å²) in [4.78, 5) is 15.3. The standard InChI is InChI=1S/C10H23N3O/c1-6-13(9(3)10(11)14)8(2)7-12(4)5/h8-9H,6-7H2,1-5H3,(H2,11,14). The van der Waals surface area contributed by atoms with E-state index in [1.165, 1.54) is 0 Å². The smallest absolute Gasteiger partial charge is 0.234 e. The van der Waals surface area contributed by atoms with Gasteiger partial charge in [-0.05, 0) is 34.5 Å². The first-order valence-corrected chi connectivity index (χ1v) is 5.09. The molecule has 0 radical (unpaired) electrons. The number of likely N-dealkylation sites (N-methyl/N-ethyl adjacent to an activating group) is 2. The maximum Gasteiger partial charge on any atom is 0.234 e. The molecule has 0 spiro atoms. The number of primary amides is 1. The van der Waals surface area contributed by atoms with Gasteiger partial charge in [0.15, 0.2) is 0 Å². The summed E-state index contributed by atoms with van der Waals surface area (Å²) in [5, 5.41) is 0. The van der Waals surface area contributed by atoms with E-state index in [1.807, 2.05) is 27.9 Å². The molecule has 1 amide bonds. The fourth-order valence-corrected chi connectivity index (χ4v) is 1.76. The Bertz CT molecular complexity index is 182. The Morgan fingerprint density at radius 3 is 2.14 bits per heavy atom. The Labute approximate surface area is 87.0 Å². The van der Waals surface area contributed by atoms with Crippen molar-refractivity contribution in [2.45, 2.75) is 32.9 Å². The zero-order valence-corrected chi connectivity index (χ0v) is 9.95. The number of carbonyl (C=O) groups is 1. The lowest BCUT2D eigenvalue weighted by Gasteiger charge is -2.33. The van der Waals surface area contributed by atoms with Crippen LogP contribution in [-0.4, -0.2) is 55.0 Å². The van der Waals surface area contributed by atoms with Crippen LogP contribution in [0, 0.1) is 0 Å². The van der Waals surface area contributed by atoms with Crippen LogP contribution in [-0.2, 0) is 4.79 Å². The first-order chi connectivity index (χ1) is 6.40. The summed E-state index contributed by atoms with van der Waals surface area (Å²) < 4.78 is 0. The average molecular weight is 201 g/mol. The second-order valence-corrected chi connectivity index (χ2v) is 4.02. The number of amides is 1. The topological polar surface area (TPSA) is 49.6 Å². The molecule has 0 aliphatic heterocycles. The molecular weight excluding hydrogens is 178 g/mol. The van der Waals surface area contributed by atoms with E-state index in [9.17, 15) is 4.79 Å². The Kier molecular flexibility index (Phi) is 5.72. The highest BCUT2D eigenvalue weighted by Gasteiger charge is 2.22. The highest BCUT2D eigenvalue weighted by Crippen LogP contribution is 2.05. The number of rotatable bonds is 6. The monoisotopic (exact) mass is 201 g/mol. The Balaban J connectivity index is 4.31. The summed E-state index contributed by atoms with van der Waals surface area (Å²) >= 11 is 0. The molecule has 0 aliphatic rings. The van der Waals surface area contributed by atoms with E-state index in [4.69, 9.17) is 5.73 Å². The predicted octanol–water partition coefficient (Wildman–Crippen LogP) is 0.132. The lowest BCUT2D eigenvalue weighted by Crippen LogP contribution is -2.50. The summed E-state index contributed by atoms with van der Waals surface area (Å²) in [6, 6.07) is 0.160. The van der Waals surface area contributed by atoms with Crippen LogP contribution in [0.4, 0.5) is 0 Å². The largest absolute Gasteiger partial charge is 0.368 e. The molecule has 0 saturated carbocycles. The van der Waals surface area contributed by atoms with Gasteiger partial charge in [0, 0.05) is 12.6 Å². The Hall–Kier alpha value is -0.610.